The number of hydrogen-bond donors (Lipinski definition) is 3. The van der Waals surface area contributed by atoms with Gasteiger partial charge in [0.25, 0.3) is 5.91 Å². The lowest BCUT2D eigenvalue weighted by molar-refractivity contribution is -0.144. The number of carbonyl (C=O) groups is 3. The number of carboxylic acid groups (broad SMARTS) is 1. The number of ether oxygens (including phenoxy) is 2. The molecule has 0 bridgehead atoms. The number of aliphatic carboxylic acids is 1. The van der Waals surface area contributed by atoms with Crippen molar-refractivity contribution in [2.45, 2.75) is 24.4 Å². The van der Waals surface area contributed by atoms with Crippen LogP contribution in [0.4, 0.5) is 4.79 Å². The molecule has 1 unspecified atom stereocenters. The second kappa shape index (κ2) is 9.22. The summed E-state index contributed by atoms with van der Waals surface area (Å²) in [6, 6.07) is 17.4. The highest BCUT2D eigenvalue weighted by atomic mass is 16.5. The molecule has 2 amide bonds. The first-order valence-electron chi connectivity index (χ1n) is 11.1. The fourth-order valence-electron chi connectivity index (χ4n) is 4.48. The predicted octanol–water partition coefficient (Wildman–Crippen LogP) is 2.69. The van der Waals surface area contributed by atoms with Gasteiger partial charge in [0.2, 0.25) is 0 Å². The Morgan fingerprint density at radius 1 is 1.09 bits per heavy atom. The van der Waals surface area contributed by atoms with E-state index in [4.69, 9.17) is 14.0 Å². The van der Waals surface area contributed by atoms with Crippen molar-refractivity contribution in [2.75, 3.05) is 19.8 Å². The molecule has 5 rings (SSSR count). The van der Waals surface area contributed by atoms with Gasteiger partial charge in [-0.05, 0) is 22.3 Å². The van der Waals surface area contributed by atoms with Gasteiger partial charge in [-0.15, -0.1) is 0 Å². The maximum atomic E-state index is 12.4. The molecule has 1 aliphatic heterocycles. The number of hydrogen-bond acceptors (Lipinski definition) is 7. The molecule has 3 aromatic rings. The van der Waals surface area contributed by atoms with Gasteiger partial charge in [0.05, 0.1) is 13.2 Å². The van der Waals surface area contributed by atoms with Crippen molar-refractivity contribution >= 4 is 18.0 Å². The molecule has 10 heteroatoms. The Labute approximate surface area is 200 Å². The van der Waals surface area contributed by atoms with Crippen LogP contribution in [0, 0.1) is 0 Å². The average Bonchev–Trinajstić information content (AvgIpc) is 3.60. The molecule has 1 aromatic heterocycles. The number of nitrogens with one attached hydrogen (secondary N) is 2. The fourth-order valence-corrected chi connectivity index (χ4v) is 4.48. The van der Waals surface area contributed by atoms with Crippen LogP contribution < -0.4 is 10.6 Å². The molecule has 1 atom stereocenters. The van der Waals surface area contributed by atoms with Gasteiger partial charge in [0.15, 0.2) is 17.0 Å². The van der Waals surface area contributed by atoms with Gasteiger partial charge in [-0.25, -0.2) is 9.59 Å². The molecule has 3 N–H and O–H groups in total. The van der Waals surface area contributed by atoms with Gasteiger partial charge in [0, 0.05) is 25.0 Å². The molecule has 1 fully saturated rings. The molecule has 1 aliphatic carbocycles. The molecular weight excluding hydrogens is 454 g/mol. The standard InChI is InChI=1S/C25H23N3O7/c29-22(27-25(23(30)31)9-10-33-14-25)21-11-15(35-28-21)12-26-24(32)34-13-20-18-7-3-1-5-16(18)17-6-2-4-8-19(17)20/h1-8,11,20H,9-10,12-14H2,(H,26,32)(H,27,29)(H,30,31). The largest absolute Gasteiger partial charge is 0.479 e. The summed E-state index contributed by atoms with van der Waals surface area (Å²) in [4.78, 5) is 36.3. The lowest BCUT2D eigenvalue weighted by atomic mass is 9.98. The summed E-state index contributed by atoms with van der Waals surface area (Å²) in [5.74, 6) is -1.72. The van der Waals surface area contributed by atoms with Crippen molar-refractivity contribution in [1.82, 2.24) is 15.8 Å². The quantitative estimate of drug-likeness (QED) is 0.472. The van der Waals surface area contributed by atoms with Crippen LogP contribution in [0.3, 0.4) is 0 Å². The zero-order valence-corrected chi connectivity index (χ0v) is 18.7. The number of amides is 2. The smallest absolute Gasteiger partial charge is 0.407 e. The summed E-state index contributed by atoms with van der Waals surface area (Å²) in [7, 11) is 0. The Morgan fingerprint density at radius 3 is 2.40 bits per heavy atom. The van der Waals surface area contributed by atoms with Gasteiger partial charge in [0.1, 0.15) is 6.61 Å². The van der Waals surface area contributed by atoms with E-state index in [1.165, 1.54) is 6.07 Å². The second-order valence-corrected chi connectivity index (χ2v) is 8.50. The minimum atomic E-state index is -1.49. The molecule has 2 heterocycles. The molecule has 2 aliphatic rings. The molecule has 2 aromatic carbocycles. The van der Waals surface area contributed by atoms with Gasteiger partial charge < -0.3 is 29.7 Å². The van der Waals surface area contributed by atoms with Crippen LogP contribution in [0.25, 0.3) is 11.1 Å². The first-order chi connectivity index (χ1) is 17.0. The molecule has 35 heavy (non-hydrogen) atoms. The van der Waals surface area contributed by atoms with Crippen molar-refractivity contribution in [3.8, 4) is 11.1 Å². The Balaban J connectivity index is 1.16. The van der Waals surface area contributed by atoms with Crippen LogP contribution in [-0.4, -0.2) is 53.6 Å². The summed E-state index contributed by atoms with van der Waals surface area (Å²) >= 11 is 0. The lowest BCUT2D eigenvalue weighted by Gasteiger charge is -2.22. The number of carbonyl (C=O) groups excluding carboxylic acids is 2. The van der Waals surface area contributed by atoms with Crippen molar-refractivity contribution in [3.63, 3.8) is 0 Å². The van der Waals surface area contributed by atoms with E-state index in [1.807, 2.05) is 36.4 Å². The van der Waals surface area contributed by atoms with Crippen LogP contribution in [-0.2, 0) is 20.8 Å². The molecule has 180 valence electrons. The number of carboxylic acids is 1. The van der Waals surface area contributed by atoms with Gasteiger partial charge in [-0.3, -0.25) is 4.79 Å². The molecule has 0 radical (unpaired) electrons. The Kier molecular flexibility index (Phi) is 5.96. The van der Waals surface area contributed by atoms with Crippen molar-refractivity contribution in [3.05, 3.63) is 77.2 Å². The van der Waals surface area contributed by atoms with Gasteiger partial charge in [-0.1, -0.05) is 53.7 Å². The van der Waals surface area contributed by atoms with E-state index in [1.54, 1.807) is 0 Å². The minimum absolute atomic E-state index is 0.0514. The minimum Gasteiger partial charge on any atom is -0.479 e. The summed E-state index contributed by atoms with van der Waals surface area (Å²) in [5, 5.41) is 18.2. The van der Waals surface area contributed by atoms with Gasteiger partial charge in [-0.2, -0.15) is 0 Å². The van der Waals surface area contributed by atoms with Crippen LogP contribution in [0.15, 0.2) is 59.1 Å². The third kappa shape index (κ3) is 4.35. The number of aromatic nitrogens is 1. The first-order valence-corrected chi connectivity index (χ1v) is 11.1. The fraction of sp³-hybridized carbons (Fsp3) is 0.280. The zero-order chi connectivity index (χ0) is 24.4. The van der Waals surface area contributed by atoms with Crippen LogP contribution in [0.5, 0.6) is 0 Å². The van der Waals surface area contributed by atoms with Gasteiger partial charge >= 0.3 is 12.1 Å². The van der Waals surface area contributed by atoms with E-state index in [2.05, 4.69) is 27.9 Å². The normalized spacial score (nSPS) is 18.5. The lowest BCUT2D eigenvalue weighted by Crippen LogP contribution is -2.55. The Hall–Kier alpha value is -4.18. The van der Waals surface area contributed by atoms with Crippen LogP contribution in [0.2, 0.25) is 0 Å². The number of nitrogens with zero attached hydrogens (tertiary/aromatic N) is 1. The summed E-state index contributed by atoms with van der Waals surface area (Å²) < 4.78 is 15.7. The summed E-state index contributed by atoms with van der Waals surface area (Å²) in [5.41, 5.74) is 2.91. The Bertz CT molecular complexity index is 1230. The SMILES string of the molecule is O=C(NCc1cc(C(=O)NC2(C(=O)O)CCOC2)no1)OCC1c2ccccc2-c2ccccc21. The third-order valence-corrected chi connectivity index (χ3v) is 6.33. The molecule has 10 nitrogen and oxygen atoms in total. The monoisotopic (exact) mass is 477 g/mol. The maximum Gasteiger partial charge on any atom is 0.407 e. The van der Waals surface area contributed by atoms with Crippen LogP contribution >= 0.6 is 0 Å². The van der Waals surface area contributed by atoms with Crippen LogP contribution in [0.1, 0.15) is 39.7 Å². The number of benzene rings is 2. The average molecular weight is 477 g/mol. The molecule has 1 saturated heterocycles. The van der Waals surface area contributed by atoms with Crippen molar-refractivity contribution in [2.24, 2.45) is 0 Å². The highest BCUT2D eigenvalue weighted by Crippen LogP contribution is 2.44. The summed E-state index contributed by atoms with van der Waals surface area (Å²) in [6.45, 7) is 0.232. The highest BCUT2D eigenvalue weighted by molar-refractivity contribution is 5.96. The number of alkyl carbamates (subject to hydrolysis) is 1. The van der Waals surface area contributed by atoms with E-state index in [0.29, 0.717) is 0 Å². The number of rotatable bonds is 7. The first kappa shape index (κ1) is 22.6. The molecule has 0 saturated carbocycles. The van der Waals surface area contributed by atoms with E-state index < -0.39 is 23.5 Å². The third-order valence-electron chi connectivity index (χ3n) is 6.33. The van der Waals surface area contributed by atoms with E-state index in [-0.39, 0.29) is 50.2 Å². The van der Waals surface area contributed by atoms with E-state index in [0.717, 1.165) is 22.3 Å². The molecular formula is C25H23N3O7. The van der Waals surface area contributed by atoms with Crippen molar-refractivity contribution in [1.29, 1.82) is 0 Å². The zero-order valence-electron chi connectivity index (χ0n) is 18.7. The van der Waals surface area contributed by atoms with E-state index in [9.17, 15) is 19.5 Å². The Morgan fingerprint density at radius 2 is 1.77 bits per heavy atom. The maximum absolute atomic E-state index is 12.4. The summed E-state index contributed by atoms with van der Waals surface area (Å²) in [6.07, 6.45) is -0.482. The topological polar surface area (TPSA) is 140 Å². The van der Waals surface area contributed by atoms with E-state index >= 15 is 0 Å². The highest BCUT2D eigenvalue weighted by Gasteiger charge is 2.44. The number of fused-ring (bicyclic) bond motifs is 3. The second-order valence-electron chi connectivity index (χ2n) is 8.50. The predicted molar refractivity (Wildman–Crippen MR) is 122 cm³/mol. The molecule has 0 spiro atoms. The van der Waals surface area contributed by atoms with Crippen molar-refractivity contribution < 1.29 is 33.5 Å².